The maximum Gasteiger partial charge on any atom is 0.250 e. The van der Waals surface area contributed by atoms with Gasteiger partial charge in [0.2, 0.25) is 0 Å². The number of hydrogen-bond donors (Lipinski definition) is 2. The van der Waals surface area contributed by atoms with Crippen molar-refractivity contribution in [3.05, 3.63) is 60.4 Å². The second-order valence-electron chi connectivity index (χ2n) is 6.40. The number of aromatic nitrogens is 1. The zero-order valence-corrected chi connectivity index (χ0v) is 18.8. The number of rotatable bonds is 10. The van der Waals surface area contributed by atoms with Gasteiger partial charge in [0.05, 0.1) is 6.29 Å². The van der Waals surface area contributed by atoms with E-state index in [9.17, 15) is 17.9 Å². The number of thioether (sulfide) groups is 1. The molecule has 0 aliphatic rings. The van der Waals surface area contributed by atoms with Crippen molar-refractivity contribution >= 4 is 50.8 Å². The first-order valence-corrected chi connectivity index (χ1v) is 14.0. The van der Waals surface area contributed by atoms with E-state index in [-0.39, 0.29) is 4.21 Å². The van der Waals surface area contributed by atoms with E-state index in [1.165, 1.54) is 6.07 Å². The average molecular weight is 473 g/mol. The topological polar surface area (TPSA) is 110 Å². The molecule has 2 aromatic heterocycles. The molecule has 0 aliphatic heterocycles. The summed E-state index contributed by atoms with van der Waals surface area (Å²) in [5.41, 5.74) is 1.10. The number of hydrogen-bond acceptors (Lipinski definition) is 6. The van der Waals surface area contributed by atoms with Crippen molar-refractivity contribution in [1.82, 2.24) is 4.72 Å². The van der Waals surface area contributed by atoms with Crippen LogP contribution in [0, 0.1) is 0 Å². The number of benzene rings is 1. The molecule has 11 heteroatoms. The Morgan fingerprint density at radius 1 is 1.21 bits per heavy atom. The smallest absolute Gasteiger partial charge is 0.250 e. The Morgan fingerprint density at radius 3 is 2.69 bits per heavy atom. The molecule has 2 N–H and O–H groups in total. The van der Waals surface area contributed by atoms with E-state index in [1.54, 1.807) is 0 Å². The van der Waals surface area contributed by atoms with E-state index < -0.39 is 23.9 Å². The van der Waals surface area contributed by atoms with Gasteiger partial charge < -0.3 is 14.4 Å². The van der Waals surface area contributed by atoms with E-state index in [0.29, 0.717) is 0 Å². The van der Waals surface area contributed by atoms with E-state index in [1.807, 2.05) is 65.3 Å². The van der Waals surface area contributed by atoms with Crippen LogP contribution in [0.25, 0.3) is 10.1 Å². The Hall–Kier alpha value is -1.26. The minimum atomic E-state index is -4.70. The predicted octanol–water partition coefficient (Wildman–Crippen LogP) is 2.29. The first-order chi connectivity index (χ1) is 13.7. The molecule has 3 rings (SSSR count). The summed E-state index contributed by atoms with van der Waals surface area (Å²) in [5.74, 6) is 1.85. The lowest BCUT2D eigenvalue weighted by atomic mass is 10.2. The molecule has 0 radical (unpaired) electrons. The van der Waals surface area contributed by atoms with Crippen LogP contribution in [-0.2, 0) is 26.9 Å². The number of fused-ring (bicyclic) bond motifs is 1. The Bertz CT molecular complexity index is 1110. The van der Waals surface area contributed by atoms with E-state index in [4.69, 9.17) is 4.89 Å². The van der Waals surface area contributed by atoms with Crippen LogP contribution in [-0.4, -0.2) is 25.3 Å². The molecule has 156 valence electrons. The van der Waals surface area contributed by atoms with Crippen molar-refractivity contribution in [1.29, 1.82) is 0 Å². The lowest BCUT2D eigenvalue weighted by Crippen LogP contribution is -2.32. The molecule has 0 saturated heterocycles. The molecule has 2 heterocycles. The quantitative estimate of drug-likeness (QED) is 0.266. The van der Waals surface area contributed by atoms with Crippen LogP contribution >= 0.6 is 30.7 Å². The Balaban J connectivity index is 1.56. The van der Waals surface area contributed by atoms with Gasteiger partial charge in [-0.05, 0) is 34.9 Å². The number of nitrogens with one attached hydrogen (secondary N) is 1. The highest BCUT2D eigenvalue weighted by Gasteiger charge is 2.19. The zero-order valence-electron chi connectivity index (χ0n) is 15.4. The number of nitrogens with zero attached hydrogens (tertiary/aromatic N) is 1. The van der Waals surface area contributed by atoms with Crippen LogP contribution in [0.3, 0.4) is 0 Å². The predicted molar refractivity (Wildman–Crippen MR) is 114 cm³/mol. The molecule has 29 heavy (non-hydrogen) atoms. The summed E-state index contributed by atoms with van der Waals surface area (Å²) < 4.78 is 40.1. The van der Waals surface area contributed by atoms with Crippen LogP contribution in [0.4, 0.5) is 0 Å². The highest BCUT2D eigenvalue weighted by molar-refractivity contribution is 7.98. The molecule has 0 bridgehead atoms. The van der Waals surface area contributed by atoms with Crippen LogP contribution < -0.4 is 14.2 Å². The van der Waals surface area contributed by atoms with Crippen molar-refractivity contribution in [2.45, 2.75) is 22.9 Å². The molecule has 7 nitrogen and oxygen atoms in total. The van der Waals surface area contributed by atoms with Crippen molar-refractivity contribution < 1.29 is 27.3 Å². The fourth-order valence-electron chi connectivity index (χ4n) is 2.65. The van der Waals surface area contributed by atoms with E-state index in [2.05, 4.69) is 4.57 Å². The minimum absolute atomic E-state index is 0.0191. The fourth-order valence-corrected chi connectivity index (χ4v) is 6.96. The van der Waals surface area contributed by atoms with E-state index >= 15 is 0 Å². The fraction of sp³-hybridized carbons (Fsp3) is 0.278. The maximum atomic E-state index is 12.2. The second-order valence-corrected chi connectivity index (χ2v) is 12.2. The summed E-state index contributed by atoms with van der Waals surface area (Å²) in [5, 5.41) is 0.794. The van der Waals surface area contributed by atoms with Crippen LogP contribution in [0.5, 0.6) is 0 Å². The second kappa shape index (κ2) is 9.70. The Labute approximate surface area is 178 Å². The highest BCUT2D eigenvalue weighted by Crippen LogP contribution is 2.32. The standard InChI is InChI=1S/C18H21N2O5PS3/c21-26(22,23)14-19-29(24,25)18-12-16-11-15(5-6-17(16)28-18)13-27-10-4-9-20-7-2-1-3-8-20/h1-3,5-8,11-12,19H,4,9-10,13-14H2,(H-,21,22,23). The molecule has 1 atom stereocenters. The normalized spacial score (nSPS) is 14.1. The van der Waals surface area contributed by atoms with Gasteiger partial charge in [-0.25, -0.2) is 17.7 Å². The van der Waals surface area contributed by atoms with Crippen molar-refractivity contribution in [3.8, 4) is 0 Å². The Kier molecular flexibility index (Phi) is 7.50. The van der Waals surface area contributed by atoms with Gasteiger partial charge in [-0.15, -0.1) is 11.3 Å². The summed E-state index contributed by atoms with van der Waals surface area (Å²) in [7, 11) is -8.69. The van der Waals surface area contributed by atoms with Crippen molar-refractivity contribution in [3.63, 3.8) is 0 Å². The summed E-state index contributed by atoms with van der Waals surface area (Å²) >= 11 is 2.88. The highest BCUT2D eigenvalue weighted by atomic mass is 32.2. The van der Waals surface area contributed by atoms with E-state index in [0.717, 1.165) is 51.5 Å². The average Bonchev–Trinajstić information content (AvgIpc) is 3.11. The molecule has 0 aliphatic carbocycles. The number of thiophene rings is 1. The van der Waals surface area contributed by atoms with Crippen LogP contribution in [0.2, 0.25) is 0 Å². The van der Waals surface area contributed by atoms with Gasteiger partial charge in [0.25, 0.3) is 10.0 Å². The molecule has 3 aromatic rings. The largest absolute Gasteiger partial charge is 0.778 e. The molecule has 0 fully saturated rings. The first kappa shape index (κ1) is 22.4. The molecule has 1 unspecified atom stereocenters. The van der Waals surface area contributed by atoms with Gasteiger partial charge in [0, 0.05) is 29.0 Å². The summed E-state index contributed by atoms with van der Waals surface area (Å²) in [6.07, 6.45) is 4.13. The lowest BCUT2D eigenvalue weighted by molar-refractivity contribution is -0.696. The minimum Gasteiger partial charge on any atom is -0.778 e. The van der Waals surface area contributed by atoms with Gasteiger partial charge in [-0.3, -0.25) is 0 Å². The molecule has 0 saturated carbocycles. The number of sulfonamides is 1. The maximum absolute atomic E-state index is 12.2. The summed E-state index contributed by atoms with van der Waals surface area (Å²) in [4.78, 5) is 19.6. The third kappa shape index (κ3) is 6.89. The van der Waals surface area contributed by atoms with Crippen LogP contribution in [0.1, 0.15) is 12.0 Å². The molecule has 0 spiro atoms. The van der Waals surface area contributed by atoms with Crippen molar-refractivity contribution in [2.24, 2.45) is 0 Å². The molecule has 1 aromatic carbocycles. The van der Waals surface area contributed by atoms with Crippen LogP contribution in [0.15, 0.2) is 59.1 Å². The first-order valence-electron chi connectivity index (χ1n) is 8.80. The molecule has 0 amide bonds. The molecular formula is C18H21N2O5PS3. The molecular weight excluding hydrogens is 451 g/mol. The monoisotopic (exact) mass is 472 g/mol. The van der Waals surface area contributed by atoms with Gasteiger partial charge in [0.15, 0.2) is 12.4 Å². The number of pyridine rings is 1. The Morgan fingerprint density at radius 2 is 1.97 bits per heavy atom. The third-order valence-corrected chi connectivity index (χ3v) is 8.91. The zero-order chi connectivity index (χ0) is 20.9. The van der Waals surface area contributed by atoms with Gasteiger partial charge in [0.1, 0.15) is 18.3 Å². The number of aryl methyl sites for hydroxylation is 1. The van der Waals surface area contributed by atoms with Gasteiger partial charge in [-0.2, -0.15) is 11.8 Å². The summed E-state index contributed by atoms with van der Waals surface area (Å²) in [6.45, 7) is 0.968. The summed E-state index contributed by atoms with van der Waals surface area (Å²) in [6, 6.07) is 13.3. The SMILES string of the molecule is O=P([O-])(O)CNS(=O)(=O)c1cc2cc(CSCCC[n+]3ccccc3)ccc2s1. The third-order valence-electron chi connectivity index (χ3n) is 4.03. The van der Waals surface area contributed by atoms with Gasteiger partial charge >= 0.3 is 0 Å². The van der Waals surface area contributed by atoms with Crippen molar-refractivity contribution in [2.75, 3.05) is 12.0 Å². The van der Waals surface area contributed by atoms with Gasteiger partial charge in [-0.1, -0.05) is 12.1 Å². The lowest BCUT2D eigenvalue weighted by Gasteiger charge is -2.15.